The number of hydrogen-bond donors (Lipinski definition) is 2. The van der Waals surface area contributed by atoms with Gasteiger partial charge in [-0.25, -0.2) is 9.97 Å². The summed E-state index contributed by atoms with van der Waals surface area (Å²) in [6, 6.07) is 0. The lowest BCUT2D eigenvalue weighted by Gasteiger charge is -2.10. The molecule has 138 valence electrons. The molecule has 0 spiro atoms. The highest BCUT2D eigenvalue weighted by molar-refractivity contribution is 7.09. The maximum absolute atomic E-state index is 12.5. The molecule has 2 rings (SSSR count). The molecule has 0 aliphatic carbocycles. The fourth-order valence-electron chi connectivity index (χ4n) is 2.03. The molecule has 0 unspecified atom stereocenters. The Hall–Kier alpha value is -1.68. The van der Waals surface area contributed by atoms with Gasteiger partial charge in [-0.15, -0.1) is 22.7 Å². The highest BCUT2D eigenvalue weighted by atomic mass is 32.1. The number of alkyl halides is 3. The van der Waals surface area contributed by atoms with Crippen LogP contribution in [0, 0.1) is 6.92 Å². The minimum absolute atomic E-state index is 0.207. The minimum atomic E-state index is -4.40. The Kier molecular flexibility index (Phi) is 7.18. The first kappa shape index (κ1) is 19.6. The number of aromatic nitrogens is 2. The molecule has 25 heavy (non-hydrogen) atoms. The van der Waals surface area contributed by atoms with E-state index >= 15 is 0 Å². The molecule has 2 aromatic heterocycles. The average Bonchev–Trinajstić information content (AvgIpc) is 3.18. The first-order valence-corrected chi connectivity index (χ1v) is 9.51. The molecule has 2 N–H and O–H groups in total. The lowest BCUT2D eigenvalue weighted by atomic mass is 10.2. The number of aryl methyl sites for hydroxylation is 2. The Bertz CT molecular complexity index is 693. The second-order valence-corrected chi connectivity index (χ2v) is 7.20. The van der Waals surface area contributed by atoms with Crippen LogP contribution in [0.15, 0.2) is 15.8 Å². The number of hydrogen-bond acceptors (Lipinski definition) is 5. The number of rotatable bonds is 7. The summed E-state index contributed by atoms with van der Waals surface area (Å²) in [7, 11) is 1.62. The zero-order valence-electron chi connectivity index (χ0n) is 14.0. The molecular weight excluding hydrogens is 371 g/mol. The number of nitrogens with zero attached hydrogens (tertiary/aromatic N) is 3. The van der Waals surface area contributed by atoms with Crippen molar-refractivity contribution in [1.82, 2.24) is 20.6 Å². The number of unbranched alkanes of at least 4 members (excludes halogenated alkanes) is 1. The maximum Gasteiger partial charge on any atom is 0.434 e. The van der Waals surface area contributed by atoms with Crippen LogP contribution in [0.5, 0.6) is 0 Å². The molecule has 0 amide bonds. The van der Waals surface area contributed by atoms with Gasteiger partial charge in [-0.05, 0) is 26.2 Å². The summed E-state index contributed by atoms with van der Waals surface area (Å²) in [5, 5.41) is 10.7. The number of nitrogens with one attached hydrogen (secondary N) is 2. The molecule has 0 saturated heterocycles. The molecular formula is C15H20F3N5S2. The van der Waals surface area contributed by atoms with Crippen molar-refractivity contribution in [1.29, 1.82) is 0 Å². The van der Waals surface area contributed by atoms with Crippen LogP contribution in [0.1, 0.15) is 34.2 Å². The molecule has 0 aromatic carbocycles. The first-order chi connectivity index (χ1) is 11.9. The average molecular weight is 391 g/mol. The zero-order valence-corrected chi connectivity index (χ0v) is 15.6. The van der Waals surface area contributed by atoms with Crippen molar-refractivity contribution in [3.63, 3.8) is 0 Å². The topological polar surface area (TPSA) is 62.2 Å². The van der Waals surface area contributed by atoms with E-state index in [1.54, 1.807) is 18.4 Å². The second-order valence-electron chi connectivity index (χ2n) is 5.32. The van der Waals surface area contributed by atoms with Gasteiger partial charge < -0.3 is 10.6 Å². The van der Waals surface area contributed by atoms with Gasteiger partial charge in [-0.1, -0.05) is 0 Å². The molecule has 2 aromatic rings. The Balaban J connectivity index is 1.66. The Labute approximate surface area is 152 Å². The van der Waals surface area contributed by atoms with Crippen LogP contribution in [-0.4, -0.2) is 29.5 Å². The van der Waals surface area contributed by atoms with Gasteiger partial charge in [0.2, 0.25) is 0 Å². The zero-order chi connectivity index (χ0) is 18.3. The van der Waals surface area contributed by atoms with Crippen LogP contribution in [0.25, 0.3) is 0 Å². The van der Waals surface area contributed by atoms with E-state index in [1.807, 2.05) is 12.3 Å². The predicted octanol–water partition coefficient (Wildman–Crippen LogP) is 3.61. The third-order valence-electron chi connectivity index (χ3n) is 3.25. The van der Waals surface area contributed by atoms with E-state index in [-0.39, 0.29) is 6.54 Å². The van der Waals surface area contributed by atoms with E-state index in [9.17, 15) is 13.2 Å². The summed E-state index contributed by atoms with van der Waals surface area (Å²) in [5.41, 5.74) is 0.202. The van der Waals surface area contributed by atoms with Crippen LogP contribution in [0.3, 0.4) is 0 Å². The lowest BCUT2D eigenvalue weighted by molar-refractivity contribution is -0.140. The SMILES string of the molecule is CN=C(NCCCCc1nc(C)cs1)NCc1nc(C(F)(F)F)cs1. The van der Waals surface area contributed by atoms with Crippen molar-refractivity contribution in [2.45, 2.75) is 38.9 Å². The number of thiazole rings is 2. The molecule has 0 aliphatic rings. The first-order valence-electron chi connectivity index (χ1n) is 7.75. The highest BCUT2D eigenvalue weighted by Crippen LogP contribution is 2.29. The molecule has 0 saturated carbocycles. The molecule has 10 heteroatoms. The van der Waals surface area contributed by atoms with Crippen LogP contribution in [0.4, 0.5) is 13.2 Å². The van der Waals surface area contributed by atoms with Gasteiger partial charge in [-0.3, -0.25) is 4.99 Å². The predicted molar refractivity (Wildman–Crippen MR) is 95.1 cm³/mol. The monoisotopic (exact) mass is 391 g/mol. The van der Waals surface area contributed by atoms with Gasteiger partial charge in [0.05, 0.1) is 11.6 Å². The van der Waals surface area contributed by atoms with E-state index in [0.717, 1.165) is 53.2 Å². The Morgan fingerprint density at radius 2 is 1.88 bits per heavy atom. The maximum atomic E-state index is 12.5. The molecule has 0 bridgehead atoms. The normalized spacial score (nSPS) is 12.4. The summed E-state index contributed by atoms with van der Waals surface area (Å²) >= 11 is 2.65. The van der Waals surface area contributed by atoms with Gasteiger partial charge in [0.1, 0.15) is 5.01 Å². The fraction of sp³-hybridized carbons (Fsp3) is 0.533. The quantitative estimate of drug-likeness (QED) is 0.430. The van der Waals surface area contributed by atoms with Crippen LogP contribution in [-0.2, 0) is 19.1 Å². The molecule has 2 heterocycles. The van der Waals surface area contributed by atoms with Gasteiger partial charge >= 0.3 is 6.18 Å². The van der Waals surface area contributed by atoms with Gasteiger partial charge in [0.15, 0.2) is 11.7 Å². The Morgan fingerprint density at radius 1 is 1.12 bits per heavy atom. The van der Waals surface area contributed by atoms with Crippen molar-refractivity contribution in [2.24, 2.45) is 4.99 Å². The van der Waals surface area contributed by atoms with Crippen molar-refractivity contribution in [3.8, 4) is 0 Å². The van der Waals surface area contributed by atoms with Gasteiger partial charge in [-0.2, -0.15) is 13.2 Å². The summed E-state index contributed by atoms with van der Waals surface area (Å²) in [5.74, 6) is 0.550. The van der Waals surface area contributed by atoms with Crippen LogP contribution < -0.4 is 10.6 Å². The van der Waals surface area contributed by atoms with E-state index in [4.69, 9.17) is 0 Å². The van der Waals surface area contributed by atoms with Crippen LogP contribution in [0.2, 0.25) is 0 Å². The van der Waals surface area contributed by atoms with Crippen LogP contribution >= 0.6 is 22.7 Å². The third-order valence-corrected chi connectivity index (χ3v) is 5.12. The smallest absolute Gasteiger partial charge is 0.356 e. The van der Waals surface area contributed by atoms with Crippen molar-refractivity contribution in [3.05, 3.63) is 32.2 Å². The summed E-state index contributed by atoms with van der Waals surface area (Å²) in [6.07, 6.45) is -1.48. The van der Waals surface area contributed by atoms with E-state index in [1.165, 1.54) is 0 Å². The molecule has 5 nitrogen and oxygen atoms in total. The Morgan fingerprint density at radius 3 is 2.48 bits per heavy atom. The minimum Gasteiger partial charge on any atom is -0.356 e. The molecule has 0 radical (unpaired) electrons. The summed E-state index contributed by atoms with van der Waals surface area (Å²) in [6.45, 7) is 2.92. The lowest BCUT2D eigenvalue weighted by Crippen LogP contribution is -2.37. The largest absolute Gasteiger partial charge is 0.434 e. The van der Waals surface area contributed by atoms with Gasteiger partial charge in [0, 0.05) is 30.0 Å². The fourth-order valence-corrected chi connectivity index (χ4v) is 3.59. The second kappa shape index (κ2) is 9.14. The van der Waals surface area contributed by atoms with E-state index in [0.29, 0.717) is 11.0 Å². The summed E-state index contributed by atoms with van der Waals surface area (Å²) in [4.78, 5) is 12.1. The summed E-state index contributed by atoms with van der Waals surface area (Å²) < 4.78 is 37.5. The number of halogens is 3. The van der Waals surface area contributed by atoms with Crippen molar-refractivity contribution in [2.75, 3.05) is 13.6 Å². The van der Waals surface area contributed by atoms with Gasteiger partial charge in [0.25, 0.3) is 0 Å². The molecule has 0 atom stereocenters. The molecule has 0 aliphatic heterocycles. The number of aliphatic imine (C=N–C) groups is 1. The van der Waals surface area contributed by atoms with Crippen molar-refractivity contribution >= 4 is 28.6 Å². The van der Waals surface area contributed by atoms with Crippen molar-refractivity contribution < 1.29 is 13.2 Å². The standard InChI is InChI=1S/C15H20F3N5S2/c1-10-8-24-12(22-10)5-3-4-6-20-14(19-2)21-7-13-23-11(9-25-13)15(16,17)18/h8-9H,3-7H2,1-2H3,(H2,19,20,21). The molecule has 0 fully saturated rings. The highest BCUT2D eigenvalue weighted by Gasteiger charge is 2.33. The van der Waals surface area contributed by atoms with E-state index < -0.39 is 11.9 Å². The number of guanidine groups is 1. The van der Waals surface area contributed by atoms with E-state index in [2.05, 4.69) is 25.6 Å². The third kappa shape index (κ3) is 6.62.